The highest BCUT2D eigenvalue weighted by atomic mass is 27.2. The van der Waals surface area contributed by atoms with Gasteiger partial charge in [0.2, 0.25) is 0 Å². The highest BCUT2D eigenvalue weighted by Gasteiger charge is 2.23. The quantitative estimate of drug-likeness (QED) is 0.642. The predicted molar refractivity (Wildman–Crippen MR) is 84.0 cm³/mol. The Morgan fingerprint density at radius 2 is 0.737 bits per heavy atom. The fourth-order valence-electron chi connectivity index (χ4n) is 1.65. The normalized spacial score (nSPS) is 21.2. The Hall–Kier alpha value is -1.81. The van der Waals surface area contributed by atoms with Gasteiger partial charge in [0.05, 0.1) is 20.6 Å². The van der Waals surface area contributed by atoms with Crippen LogP contribution in [0.4, 0.5) is 0 Å². The van der Waals surface area contributed by atoms with Gasteiger partial charge < -0.3 is 0 Å². The fraction of sp³-hybridized carbons (Fsp3) is 0. The van der Waals surface area contributed by atoms with E-state index >= 15 is 0 Å². The average Bonchev–Trinajstić information content (AvgIpc) is 2.81. The minimum Gasteiger partial charge on any atom is -0.0986 e. The third-order valence-corrected chi connectivity index (χ3v) is 5.02. The van der Waals surface area contributed by atoms with E-state index in [0.717, 1.165) is 0 Å². The average molecular weight is 273 g/mol. The van der Waals surface area contributed by atoms with Gasteiger partial charge in [-0.3, -0.25) is 0 Å². The Balaban J connectivity index is 2.68. The maximum atomic E-state index is 8.40. The summed E-state index contributed by atoms with van der Waals surface area (Å²) < 4.78 is 121. The van der Waals surface area contributed by atoms with E-state index in [1.807, 2.05) is 0 Å². The molecular formula is C18H15Al. The summed E-state index contributed by atoms with van der Waals surface area (Å²) in [7, 11) is 0. The summed E-state index contributed by atoms with van der Waals surface area (Å²) in [6.07, 6.45) is 0. The molecule has 0 N–H and O–H groups in total. The third-order valence-electron chi connectivity index (χ3n) is 2.42. The molecule has 0 bridgehead atoms. The molecule has 90 valence electrons. The van der Waals surface area contributed by atoms with Crippen molar-refractivity contribution < 1.29 is 20.6 Å². The molecule has 0 atom stereocenters. The van der Waals surface area contributed by atoms with Gasteiger partial charge >= 0.3 is 14.1 Å². The van der Waals surface area contributed by atoms with Crippen LogP contribution in [0.2, 0.25) is 0 Å². The Bertz CT molecular complexity index is 1110. The van der Waals surface area contributed by atoms with Crippen molar-refractivity contribution in [1.29, 1.82) is 0 Å². The van der Waals surface area contributed by atoms with Crippen LogP contribution in [-0.2, 0) is 0 Å². The lowest BCUT2D eigenvalue weighted by molar-refractivity contribution is 1.71. The fourth-order valence-corrected chi connectivity index (χ4v) is 3.81. The third kappa shape index (κ3) is 2.79. The van der Waals surface area contributed by atoms with Gasteiger partial charge in [-0.25, -0.2) is 0 Å². The van der Waals surface area contributed by atoms with Crippen LogP contribution in [0.15, 0.2) is 90.6 Å². The van der Waals surface area contributed by atoms with Crippen LogP contribution in [-0.4, -0.2) is 14.1 Å². The van der Waals surface area contributed by atoms with E-state index in [2.05, 4.69) is 0 Å². The molecule has 19 heavy (non-hydrogen) atoms. The van der Waals surface area contributed by atoms with Gasteiger partial charge in [-0.15, -0.1) is 0 Å². The highest BCUT2D eigenvalue weighted by Crippen LogP contribution is 1.95. The Morgan fingerprint density at radius 3 is 1.00 bits per heavy atom. The van der Waals surface area contributed by atoms with E-state index < -0.39 is 118 Å². The van der Waals surface area contributed by atoms with E-state index in [4.69, 9.17) is 20.6 Å². The zero-order chi connectivity index (χ0) is 26.0. The van der Waals surface area contributed by atoms with Crippen LogP contribution in [0.3, 0.4) is 0 Å². The maximum Gasteiger partial charge on any atom is 0.383 e. The lowest BCUT2D eigenvalue weighted by Gasteiger charge is -2.13. The van der Waals surface area contributed by atoms with Crippen LogP contribution in [0.1, 0.15) is 20.6 Å². The summed E-state index contributed by atoms with van der Waals surface area (Å²) >= 11 is -3.87. The van der Waals surface area contributed by atoms with Crippen molar-refractivity contribution in [2.75, 3.05) is 0 Å². The molecule has 0 aromatic heterocycles. The predicted octanol–water partition coefficient (Wildman–Crippen LogP) is 2.20. The van der Waals surface area contributed by atoms with Gasteiger partial charge in [0, 0.05) is 0 Å². The summed E-state index contributed by atoms with van der Waals surface area (Å²) in [6.45, 7) is 0. The molecule has 0 aliphatic rings. The van der Waals surface area contributed by atoms with E-state index in [9.17, 15) is 0 Å². The van der Waals surface area contributed by atoms with Crippen LogP contribution >= 0.6 is 0 Å². The molecule has 0 amide bonds. The maximum absolute atomic E-state index is 8.40. The molecular weight excluding hydrogens is 243 g/mol. The van der Waals surface area contributed by atoms with Crippen LogP contribution in [0, 0.1) is 0 Å². The zero-order valence-electron chi connectivity index (χ0n) is 24.6. The molecule has 0 saturated heterocycles. The molecule has 0 radical (unpaired) electrons. The first-order valence-electron chi connectivity index (χ1n) is 12.9. The lowest BCUT2D eigenvalue weighted by atomic mass is 10.3. The first-order valence-corrected chi connectivity index (χ1v) is 7.10. The van der Waals surface area contributed by atoms with Crippen LogP contribution in [0.25, 0.3) is 0 Å². The van der Waals surface area contributed by atoms with Gasteiger partial charge in [-0.05, 0) is 0 Å². The number of hydrogen-bond acceptors (Lipinski definition) is 0. The second kappa shape index (κ2) is 5.89. The molecule has 3 rings (SSSR count). The molecule has 3 aromatic carbocycles. The monoisotopic (exact) mass is 273 g/mol. The molecule has 3 aromatic rings. The Kier molecular flexibility index (Phi) is 1.20. The van der Waals surface area contributed by atoms with E-state index in [-0.39, 0.29) is 0 Å². The second-order valence-corrected chi connectivity index (χ2v) is 6.15. The highest BCUT2D eigenvalue weighted by molar-refractivity contribution is 6.95. The van der Waals surface area contributed by atoms with Gasteiger partial charge in [-0.1, -0.05) is 104 Å². The smallest absolute Gasteiger partial charge is 0.0986 e. The summed E-state index contributed by atoms with van der Waals surface area (Å²) in [6, 6.07) is -11.1. The van der Waals surface area contributed by atoms with Crippen LogP contribution in [0.5, 0.6) is 0 Å². The van der Waals surface area contributed by atoms with Crippen molar-refractivity contribution >= 4 is 27.4 Å². The van der Waals surface area contributed by atoms with E-state index in [0.29, 0.717) is 0 Å². The molecule has 0 spiro atoms. The standard InChI is InChI=1S/3C6H5.Al/c3*1-2-4-6-5-3-1;/h3*1-5H;/i3*1D,2D,3D,4D,5D;. The molecule has 0 saturated carbocycles. The summed E-state index contributed by atoms with van der Waals surface area (Å²) in [5, 5.41) is 0. The Labute approximate surface area is 139 Å². The van der Waals surface area contributed by atoms with Gasteiger partial charge in [0.25, 0.3) is 0 Å². The lowest BCUT2D eigenvalue weighted by Crippen LogP contribution is -2.51. The van der Waals surface area contributed by atoms with Crippen molar-refractivity contribution in [3.63, 3.8) is 0 Å². The minimum atomic E-state index is -3.87. The van der Waals surface area contributed by atoms with Crippen molar-refractivity contribution in [2.24, 2.45) is 0 Å². The summed E-state index contributed by atoms with van der Waals surface area (Å²) in [5.41, 5.74) is 0. The largest absolute Gasteiger partial charge is 0.383 e. The van der Waals surface area contributed by atoms with Crippen LogP contribution < -0.4 is 13.3 Å². The van der Waals surface area contributed by atoms with E-state index in [1.54, 1.807) is 0 Å². The number of hydrogen-bond donors (Lipinski definition) is 0. The van der Waals surface area contributed by atoms with Crippen molar-refractivity contribution in [3.05, 3.63) is 90.6 Å². The molecule has 0 fully saturated rings. The van der Waals surface area contributed by atoms with Crippen molar-refractivity contribution in [3.8, 4) is 0 Å². The number of benzene rings is 3. The first-order chi connectivity index (χ1) is 15.7. The second-order valence-electron chi connectivity index (χ2n) is 3.55. The molecule has 0 aliphatic carbocycles. The van der Waals surface area contributed by atoms with E-state index in [1.165, 1.54) is 0 Å². The van der Waals surface area contributed by atoms with Crippen molar-refractivity contribution in [1.82, 2.24) is 0 Å². The summed E-state index contributed by atoms with van der Waals surface area (Å²) in [5.74, 6) is 0. The summed E-state index contributed by atoms with van der Waals surface area (Å²) in [4.78, 5) is 0. The van der Waals surface area contributed by atoms with Gasteiger partial charge in [0.15, 0.2) is 0 Å². The topological polar surface area (TPSA) is 0 Å². The minimum absolute atomic E-state index is 0.442. The molecule has 1 heteroatoms. The Morgan fingerprint density at radius 1 is 0.474 bits per heavy atom. The van der Waals surface area contributed by atoms with Gasteiger partial charge in [-0.2, -0.15) is 0 Å². The SMILES string of the molecule is [2H]c1c([2H])c([2H])[c]([Al]([c]2c([2H])c([2H])c([2H])c([2H])c2[2H])[c]2c([2H])c([2H])c([2H])c([2H])c2[2H])c([2H])c1[2H]. The van der Waals surface area contributed by atoms with Gasteiger partial charge in [0.1, 0.15) is 0 Å². The van der Waals surface area contributed by atoms with Crippen molar-refractivity contribution in [2.45, 2.75) is 0 Å². The first kappa shape index (κ1) is 3.86. The zero-order valence-corrected chi connectivity index (χ0v) is 10.7. The molecule has 0 nitrogen and oxygen atoms in total. The number of rotatable bonds is 3. The molecule has 0 unspecified atom stereocenters. The molecule has 0 heterocycles. The molecule has 0 aliphatic heterocycles.